The van der Waals surface area contributed by atoms with Crippen LogP contribution in [0, 0.1) is 6.92 Å². The molecule has 0 saturated heterocycles. The van der Waals surface area contributed by atoms with Crippen molar-refractivity contribution in [3.05, 3.63) is 29.3 Å². The van der Waals surface area contributed by atoms with Crippen LogP contribution >= 0.6 is 0 Å². The molecule has 3 nitrogen and oxygen atoms in total. The van der Waals surface area contributed by atoms with Gasteiger partial charge < -0.3 is 10.5 Å². The highest BCUT2D eigenvalue weighted by Crippen LogP contribution is 2.15. The lowest BCUT2D eigenvalue weighted by Crippen LogP contribution is -2.15. The molecule has 2 N–H and O–H groups in total. The van der Waals surface area contributed by atoms with Gasteiger partial charge in [-0.1, -0.05) is 19.4 Å². The van der Waals surface area contributed by atoms with Gasteiger partial charge in [0.05, 0.1) is 11.7 Å². The zero-order valence-corrected chi connectivity index (χ0v) is 10.1. The molecule has 1 aromatic carbocycles. The molecular formula is C13H19NO2. The van der Waals surface area contributed by atoms with E-state index >= 15 is 0 Å². The van der Waals surface area contributed by atoms with Crippen molar-refractivity contribution in [1.29, 1.82) is 0 Å². The minimum absolute atomic E-state index is 0.0432. The van der Waals surface area contributed by atoms with Gasteiger partial charge in [-0.05, 0) is 38.0 Å². The zero-order valence-electron chi connectivity index (χ0n) is 10.1. The first-order valence-corrected chi connectivity index (χ1v) is 5.61. The quantitative estimate of drug-likeness (QED) is 0.628. The van der Waals surface area contributed by atoms with E-state index in [1.165, 1.54) is 0 Å². The van der Waals surface area contributed by atoms with Crippen LogP contribution in [-0.2, 0) is 4.74 Å². The van der Waals surface area contributed by atoms with E-state index < -0.39 is 0 Å². The molecule has 1 aromatic rings. The van der Waals surface area contributed by atoms with Crippen LogP contribution in [0.2, 0.25) is 0 Å². The summed E-state index contributed by atoms with van der Waals surface area (Å²) in [6.45, 7) is 5.85. The summed E-state index contributed by atoms with van der Waals surface area (Å²) in [5.74, 6) is -0.286. The average molecular weight is 221 g/mol. The fraction of sp³-hybridized carbons (Fsp3) is 0.462. The Labute approximate surface area is 96.6 Å². The molecule has 1 rings (SSSR count). The van der Waals surface area contributed by atoms with Gasteiger partial charge in [0.1, 0.15) is 0 Å². The maximum atomic E-state index is 11.8. The van der Waals surface area contributed by atoms with Gasteiger partial charge in [0.25, 0.3) is 0 Å². The number of hydrogen-bond acceptors (Lipinski definition) is 3. The standard InChI is InChI=1S/C13H19NO2/c1-4-5-10(3)16-13(15)12-8-11(14)7-6-9(12)2/h6-8,10H,4-5,14H2,1-3H3. The predicted octanol–water partition coefficient (Wildman–Crippen LogP) is 2.92. The van der Waals surface area contributed by atoms with Gasteiger partial charge in [0.2, 0.25) is 0 Å². The molecule has 0 radical (unpaired) electrons. The van der Waals surface area contributed by atoms with E-state index in [0.29, 0.717) is 11.3 Å². The number of hydrogen-bond donors (Lipinski definition) is 1. The molecule has 0 aliphatic carbocycles. The number of benzene rings is 1. The van der Waals surface area contributed by atoms with Crippen molar-refractivity contribution in [2.45, 2.75) is 39.7 Å². The van der Waals surface area contributed by atoms with E-state index in [2.05, 4.69) is 6.92 Å². The Morgan fingerprint density at radius 3 is 2.81 bits per heavy atom. The number of carbonyl (C=O) groups is 1. The molecule has 0 aromatic heterocycles. The van der Waals surface area contributed by atoms with Crippen LogP contribution in [-0.4, -0.2) is 12.1 Å². The Morgan fingerprint density at radius 1 is 1.50 bits per heavy atom. The third kappa shape index (κ3) is 3.26. The summed E-state index contributed by atoms with van der Waals surface area (Å²) in [6.07, 6.45) is 1.84. The van der Waals surface area contributed by atoms with Gasteiger partial charge in [0.15, 0.2) is 0 Å². The fourth-order valence-corrected chi connectivity index (χ4v) is 1.57. The smallest absolute Gasteiger partial charge is 0.338 e. The summed E-state index contributed by atoms with van der Waals surface area (Å²) < 4.78 is 5.32. The molecular weight excluding hydrogens is 202 g/mol. The zero-order chi connectivity index (χ0) is 12.1. The fourth-order valence-electron chi connectivity index (χ4n) is 1.57. The summed E-state index contributed by atoms with van der Waals surface area (Å²) in [7, 11) is 0. The van der Waals surface area contributed by atoms with E-state index in [4.69, 9.17) is 10.5 Å². The van der Waals surface area contributed by atoms with E-state index in [1.807, 2.05) is 19.9 Å². The van der Waals surface area contributed by atoms with E-state index in [1.54, 1.807) is 12.1 Å². The average Bonchev–Trinajstić information content (AvgIpc) is 2.21. The summed E-state index contributed by atoms with van der Waals surface area (Å²) in [6, 6.07) is 5.27. The molecule has 88 valence electrons. The maximum Gasteiger partial charge on any atom is 0.338 e. The van der Waals surface area contributed by atoms with Crippen molar-refractivity contribution >= 4 is 11.7 Å². The number of esters is 1. The molecule has 0 aliphatic heterocycles. The normalized spacial score (nSPS) is 12.2. The Hall–Kier alpha value is -1.51. The Kier molecular flexibility index (Phi) is 4.35. The van der Waals surface area contributed by atoms with Crippen molar-refractivity contribution < 1.29 is 9.53 Å². The number of rotatable bonds is 4. The van der Waals surface area contributed by atoms with Crippen LogP contribution in [0.4, 0.5) is 5.69 Å². The van der Waals surface area contributed by atoms with Crippen LogP contribution in [0.5, 0.6) is 0 Å². The SMILES string of the molecule is CCCC(C)OC(=O)c1cc(N)ccc1C. The molecule has 0 aliphatic rings. The van der Waals surface area contributed by atoms with Crippen molar-refractivity contribution in [3.8, 4) is 0 Å². The predicted molar refractivity (Wildman–Crippen MR) is 65.4 cm³/mol. The number of aryl methyl sites for hydroxylation is 1. The molecule has 1 atom stereocenters. The van der Waals surface area contributed by atoms with Gasteiger partial charge in [-0.25, -0.2) is 4.79 Å². The lowest BCUT2D eigenvalue weighted by Gasteiger charge is -2.13. The number of anilines is 1. The molecule has 16 heavy (non-hydrogen) atoms. The minimum Gasteiger partial charge on any atom is -0.459 e. The molecule has 1 unspecified atom stereocenters. The first-order chi connectivity index (χ1) is 7.54. The van der Waals surface area contributed by atoms with E-state index in [-0.39, 0.29) is 12.1 Å². The minimum atomic E-state index is -0.286. The Bertz CT molecular complexity index is 374. The highest BCUT2D eigenvalue weighted by molar-refractivity contribution is 5.92. The molecule has 0 fully saturated rings. The van der Waals surface area contributed by atoms with Crippen LogP contribution in [0.15, 0.2) is 18.2 Å². The second kappa shape index (κ2) is 5.54. The van der Waals surface area contributed by atoms with Gasteiger partial charge in [-0.2, -0.15) is 0 Å². The third-order valence-corrected chi connectivity index (χ3v) is 2.48. The molecule has 0 heterocycles. The topological polar surface area (TPSA) is 52.3 Å². The van der Waals surface area contributed by atoms with E-state index in [0.717, 1.165) is 18.4 Å². The van der Waals surface area contributed by atoms with Gasteiger partial charge in [-0.15, -0.1) is 0 Å². The largest absolute Gasteiger partial charge is 0.459 e. The highest BCUT2D eigenvalue weighted by Gasteiger charge is 2.13. The van der Waals surface area contributed by atoms with Crippen molar-refractivity contribution in [2.24, 2.45) is 0 Å². The second-order valence-corrected chi connectivity index (χ2v) is 4.08. The van der Waals surface area contributed by atoms with Crippen molar-refractivity contribution in [3.63, 3.8) is 0 Å². The Balaban J connectivity index is 2.76. The molecule has 3 heteroatoms. The highest BCUT2D eigenvalue weighted by atomic mass is 16.5. The summed E-state index contributed by atoms with van der Waals surface area (Å²) in [5, 5.41) is 0. The number of nitrogen functional groups attached to an aromatic ring is 1. The van der Waals surface area contributed by atoms with Gasteiger partial charge >= 0.3 is 5.97 Å². The van der Waals surface area contributed by atoms with Crippen LogP contribution < -0.4 is 5.73 Å². The summed E-state index contributed by atoms with van der Waals surface area (Å²) >= 11 is 0. The maximum absolute atomic E-state index is 11.8. The van der Waals surface area contributed by atoms with Gasteiger partial charge in [0, 0.05) is 5.69 Å². The van der Waals surface area contributed by atoms with Gasteiger partial charge in [-0.3, -0.25) is 0 Å². The Morgan fingerprint density at radius 2 is 2.19 bits per heavy atom. The molecule has 0 spiro atoms. The van der Waals surface area contributed by atoms with E-state index in [9.17, 15) is 4.79 Å². The molecule has 0 bridgehead atoms. The first kappa shape index (κ1) is 12.6. The number of carbonyl (C=O) groups excluding carboxylic acids is 1. The third-order valence-electron chi connectivity index (χ3n) is 2.48. The van der Waals surface area contributed by atoms with Crippen LogP contribution in [0.25, 0.3) is 0 Å². The second-order valence-electron chi connectivity index (χ2n) is 4.08. The van der Waals surface area contributed by atoms with Crippen LogP contribution in [0.1, 0.15) is 42.6 Å². The lowest BCUT2D eigenvalue weighted by atomic mass is 10.1. The first-order valence-electron chi connectivity index (χ1n) is 5.61. The molecule has 0 saturated carbocycles. The van der Waals surface area contributed by atoms with Crippen molar-refractivity contribution in [1.82, 2.24) is 0 Å². The van der Waals surface area contributed by atoms with Crippen LogP contribution in [0.3, 0.4) is 0 Å². The number of nitrogens with two attached hydrogens (primary N) is 1. The monoisotopic (exact) mass is 221 g/mol. The number of ether oxygens (including phenoxy) is 1. The summed E-state index contributed by atoms with van der Waals surface area (Å²) in [5.41, 5.74) is 7.68. The lowest BCUT2D eigenvalue weighted by molar-refractivity contribution is 0.0322. The molecule has 0 amide bonds. The van der Waals surface area contributed by atoms with Crippen molar-refractivity contribution in [2.75, 3.05) is 5.73 Å². The summed E-state index contributed by atoms with van der Waals surface area (Å²) in [4.78, 5) is 11.8.